The number of aliphatic carboxylic acids is 2. The third kappa shape index (κ3) is 15.0. The molecule has 3 aliphatic rings. The molecule has 2 aromatic carbocycles. The van der Waals surface area contributed by atoms with E-state index in [0.717, 1.165) is 45.3 Å². The first-order chi connectivity index (χ1) is 46.6. The molecule has 0 unspecified atom stereocenters. The molecule has 27 nitrogen and oxygen atoms in total. The van der Waals surface area contributed by atoms with Crippen molar-refractivity contribution < 1.29 is 68.6 Å². The average Bonchev–Trinajstić information content (AvgIpc) is 1.64. The van der Waals surface area contributed by atoms with E-state index >= 15 is 4.79 Å². The molecule has 9 heterocycles. The summed E-state index contributed by atoms with van der Waals surface area (Å²) in [4.78, 5) is 147. The highest BCUT2D eigenvalue weighted by Gasteiger charge is 2.46. The second-order valence-corrected chi connectivity index (χ2v) is 28.9. The number of hydrogen-bond acceptors (Lipinski definition) is 25. The number of carboxylic acid groups (broad SMARTS) is 2. The molecular formula is C64H61N13O14S6. The first kappa shape index (κ1) is 67.8. The number of aryl methyl sites for hydroxylation is 1. The van der Waals surface area contributed by atoms with E-state index in [4.69, 9.17) is 35.4 Å². The van der Waals surface area contributed by atoms with Gasteiger partial charge in [-0.15, -0.1) is 68.0 Å². The van der Waals surface area contributed by atoms with Gasteiger partial charge in [0.2, 0.25) is 11.8 Å². The minimum absolute atomic E-state index is 0.0205. The van der Waals surface area contributed by atoms with Crippen LogP contribution in [0.5, 0.6) is 5.75 Å². The van der Waals surface area contributed by atoms with Gasteiger partial charge in [-0.05, 0) is 68.0 Å². The Morgan fingerprint density at radius 3 is 2.07 bits per heavy atom. The zero-order valence-corrected chi connectivity index (χ0v) is 56.4. The van der Waals surface area contributed by atoms with Crippen LogP contribution in [0.2, 0.25) is 0 Å². The minimum atomic E-state index is -1.43. The first-order valence-corrected chi connectivity index (χ1v) is 35.7. The van der Waals surface area contributed by atoms with Crippen LogP contribution in [0.3, 0.4) is 0 Å². The van der Waals surface area contributed by atoms with Crippen LogP contribution in [-0.2, 0) is 30.3 Å². The molecule has 2 fully saturated rings. The van der Waals surface area contributed by atoms with Crippen molar-refractivity contribution in [1.82, 2.24) is 60.6 Å². The third-order valence-electron chi connectivity index (χ3n) is 16.9. The minimum Gasteiger partial charge on any atom is -0.508 e. The van der Waals surface area contributed by atoms with E-state index in [1.54, 1.807) is 89.5 Å². The van der Waals surface area contributed by atoms with Crippen molar-refractivity contribution in [2.45, 2.75) is 94.8 Å². The summed E-state index contributed by atoms with van der Waals surface area (Å²) in [6.07, 6.45) is -1.46. The number of carbonyl (C=O) groups excluding carboxylic acids is 6. The Labute approximate surface area is 576 Å². The van der Waals surface area contributed by atoms with Gasteiger partial charge >= 0.3 is 11.9 Å². The van der Waals surface area contributed by atoms with Crippen molar-refractivity contribution in [3.8, 4) is 49.1 Å². The molecule has 33 heteroatoms. The third-order valence-corrected chi connectivity index (χ3v) is 22.4. The topological polar surface area (TPSA) is 406 Å². The number of fused-ring (bicyclic) bond motifs is 16. The maximum Gasteiger partial charge on any atom is 0.329 e. The van der Waals surface area contributed by atoms with Gasteiger partial charge in [-0.25, -0.2) is 39.7 Å². The number of benzene rings is 2. The van der Waals surface area contributed by atoms with Crippen LogP contribution in [-0.4, -0.2) is 162 Å². The number of ether oxygens (including phenoxy) is 1. The van der Waals surface area contributed by atoms with E-state index < -0.39 is 109 Å². The van der Waals surface area contributed by atoms with E-state index in [9.17, 15) is 59.1 Å². The van der Waals surface area contributed by atoms with Crippen molar-refractivity contribution in [3.63, 3.8) is 0 Å². The van der Waals surface area contributed by atoms with Crippen LogP contribution < -0.4 is 21.7 Å². The maximum atomic E-state index is 15.3. The number of rotatable bonds is 15. The number of aliphatic hydroxyl groups is 2. The maximum absolute atomic E-state index is 15.3. The molecule has 0 radical (unpaired) electrons. The Morgan fingerprint density at radius 1 is 0.691 bits per heavy atom. The van der Waals surface area contributed by atoms with E-state index in [1.807, 2.05) is 0 Å². The number of aromatic hydroxyl groups is 1. The summed E-state index contributed by atoms with van der Waals surface area (Å²) in [6.45, 7) is 2.65. The number of hydrogen-bond donors (Lipinski definition) is 9. The van der Waals surface area contributed by atoms with Gasteiger partial charge in [-0.1, -0.05) is 49.4 Å². The van der Waals surface area contributed by atoms with Crippen molar-refractivity contribution >= 4 is 115 Å². The van der Waals surface area contributed by atoms with Gasteiger partial charge in [0.15, 0.2) is 0 Å². The number of nitrogens with one attached hydrogen (secondary N) is 3. The molecular weight excluding hydrogens is 1370 g/mol. The van der Waals surface area contributed by atoms with Gasteiger partial charge in [0, 0.05) is 68.8 Å². The number of nitrogens with zero attached hydrogens (tertiary/aromatic N) is 9. The predicted molar refractivity (Wildman–Crippen MR) is 359 cm³/mol. The second kappa shape index (κ2) is 29.3. The summed E-state index contributed by atoms with van der Waals surface area (Å²) in [5.74, 6) is -7.31. The lowest BCUT2D eigenvalue weighted by Gasteiger charge is -2.35. The first-order valence-electron chi connectivity index (χ1n) is 30.5. The molecule has 97 heavy (non-hydrogen) atoms. The van der Waals surface area contributed by atoms with Gasteiger partial charge in [0.25, 0.3) is 23.6 Å². The van der Waals surface area contributed by atoms with Crippen LogP contribution in [0, 0.1) is 18.8 Å². The molecule has 6 amide bonds. The van der Waals surface area contributed by atoms with Crippen LogP contribution >= 0.6 is 68.0 Å². The molecule has 1 saturated carbocycles. The summed E-state index contributed by atoms with van der Waals surface area (Å²) in [5, 5.41) is 71.2. The normalized spacial score (nSPS) is 21.0. The predicted octanol–water partition coefficient (Wildman–Crippen LogP) is 7.48. The van der Waals surface area contributed by atoms with Gasteiger partial charge in [0.1, 0.15) is 100 Å². The molecule has 7 aromatic heterocycles. The fourth-order valence-corrected chi connectivity index (χ4v) is 17.2. The lowest BCUT2D eigenvalue weighted by atomic mass is 9.85. The molecule has 1 saturated heterocycles. The number of thiazole rings is 6. The molecule has 1 aliphatic carbocycles. The molecule has 502 valence electrons. The highest BCUT2D eigenvalue weighted by Crippen LogP contribution is 2.43. The van der Waals surface area contributed by atoms with Gasteiger partial charge in [-0.2, -0.15) is 0 Å². The number of carbonyl (C=O) groups is 8. The highest BCUT2D eigenvalue weighted by atomic mass is 32.1. The number of primary amides is 1. The zero-order chi connectivity index (χ0) is 68.3. The summed E-state index contributed by atoms with van der Waals surface area (Å²) in [5.41, 5.74) is 8.29. The summed E-state index contributed by atoms with van der Waals surface area (Å²) < 4.78 is 5.33. The average molecular weight is 1430 g/mol. The molecule has 2 aliphatic heterocycles. The standard InChI is InChI=1S/C64H61N13O14S6/c1-29-45(79)22-77-51(29)61-72-43(27-96-61)58-69-40(24-93-58)49-36(16-17-37(66-49)57-73-44(28-94-57)63(88)76(18-19-91-23-47(81)82)34-12-10-33(11-13-34)64(89)90)56-70-41(25-92-56)53(84)67-38(21-46(65)80)59-75-48(30(2)97-59)55(86)74-50(52(83)32-6-4-3-5-7-32)60-71-42(26-95-60)54(85)68-39(62(77)87)20-31-8-14-35(78)15-9-31/h3-9,14-17,24-29,33-34,38-39,45,50-52,78-79,83H,10-13,18-23H2,1-2H3,(H2,65,80)(H,67,84)(H,68,85)(H,74,86)(H,81,82)(H,89,90)/t29-,33?,34?,38-,39-,45-,50-,51-,52+/m0/s1. The van der Waals surface area contributed by atoms with Crippen LogP contribution in [0.15, 0.2) is 93.6 Å². The molecule has 12 rings (SSSR count). The Balaban J connectivity index is 0.930. The van der Waals surface area contributed by atoms with Crippen molar-refractivity contribution in [3.05, 3.63) is 147 Å². The molecule has 9 aromatic rings. The Morgan fingerprint density at radius 2 is 1.34 bits per heavy atom. The lowest BCUT2D eigenvalue weighted by molar-refractivity contribution is -0.143. The molecule has 7 atom stereocenters. The Kier molecular flexibility index (Phi) is 20.4. The second-order valence-electron chi connectivity index (χ2n) is 23.4. The fraction of sp³-hybridized carbons (Fsp3) is 0.328. The smallest absolute Gasteiger partial charge is 0.329 e. The number of carboxylic acids is 2. The zero-order valence-electron chi connectivity index (χ0n) is 51.5. The quantitative estimate of drug-likeness (QED) is 0.0449. The number of amides is 6. The number of phenols is 1. The van der Waals surface area contributed by atoms with Crippen LogP contribution in [0.1, 0.15) is 136 Å². The van der Waals surface area contributed by atoms with E-state index in [-0.39, 0.29) is 76.4 Å². The summed E-state index contributed by atoms with van der Waals surface area (Å²) in [6, 6.07) is 13.1. The molecule has 10 bridgehead atoms. The Bertz CT molecular complexity index is 4450. The van der Waals surface area contributed by atoms with E-state index in [0.29, 0.717) is 84.4 Å². The van der Waals surface area contributed by atoms with E-state index in [2.05, 4.69) is 25.9 Å². The molecule has 10 N–H and O–H groups in total. The number of aliphatic hydroxyl groups excluding tert-OH is 2. The van der Waals surface area contributed by atoms with Gasteiger partial charge in [-0.3, -0.25) is 33.6 Å². The van der Waals surface area contributed by atoms with Crippen LogP contribution in [0.4, 0.5) is 0 Å². The monoisotopic (exact) mass is 1430 g/mol. The van der Waals surface area contributed by atoms with Crippen molar-refractivity contribution in [2.75, 3.05) is 26.3 Å². The van der Waals surface area contributed by atoms with E-state index in [1.165, 1.54) is 50.5 Å². The Hall–Kier alpha value is -9.19. The van der Waals surface area contributed by atoms with Crippen LogP contribution in [0.25, 0.3) is 43.4 Å². The van der Waals surface area contributed by atoms with Crippen molar-refractivity contribution in [2.24, 2.45) is 17.6 Å². The number of aromatic nitrogens is 7. The highest BCUT2D eigenvalue weighted by molar-refractivity contribution is 7.15. The number of phenolic OH excluding ortho intramolecular Hbond substituents is 1. The molecule has 0 spiro atoms. The SMILES string of the molecule is Cc1sc2nc1C(=O)N[C@@H]([C@H](O)c1ccccc1)c1nc(cs1)C(=O)N[C@@H](Cc1ccc(O)cc1)C(=O)N1C[C@H](O)[C@H](C)[C@H]1c1nc(cs1)-c1nc(cs1)-c1nc(-c3nc(C(=O)N(CCOCC(=O)O)C4CCC(C(=O)O)CC4)cs3)ccc1-c1nc(cs1)C(=O)N[C@H]2CC(N)=O. The largest absolute Gasteiger partial charge is 0.508 e. The number of nitrogens with two attached hydrogens (primary N) is 1. The summed E-state index contributed by atoms with van der Waals surface area (Å²) in [7, 11) is 0. The number of pyridine rings is 1. The fourth-order valence-electron chi connectivity index (χ4n) is 11.8. The van der Waals surface area contributed by atoms with Crippen molar-refractivity contribution in [1.29, 1.82) is 0 Å². The lowest BCUT2D eigenvalue weighted by Crippen LogP contribution is -2.50. The van der Waals surface area contributed by atoms with Gasteiger partial charge in [0.05, 0.1) is 42.8 Å². The summed E-state index contributed by atoms with van der Waals surface area (Å²) >= 11 is 6.72. The van der Waals surface area contributed by atoms with Gasteiger partial charge < -0.3 is 61.8 Å².